The van der Waals surface area contributed by atoms with Gasteiger partial charge >= 0.3 is 0 Å². The Bertz CT molecular complexity index is 223. The minimum absolute atomic E-state index is 0.0539. The zero-order chi connectivity index (χ0) is 14.9. The van der Waals surface area contributed by atoms with Gasteiger partial charge < -0.3 is 10.4 Å². The standard InChI is InChI=1S/C11H23NO2S6/c1-2-4-15-7-18-8-16-5-3-12-11(14)20-10-19-9-17-6-13/h13H,2-10H2,1H3,(H,12,14). The van der Waals surface area contributed by atoms with Gasteiger partial charge in [-0.15, -0.1) is 47.0 Å². The minimum Gasteiger partial charge on any atom is -0.386 e. The number of hydrogen-bond acceptors (Lipinski definition) is 8. The molecule has 0 saturated heterocycles. The fourth-order valence-electron chi connectivity index (χ4n) is 0.916. The zero-order valence-electron chi connectivity index (χ0n) is 11.7. The summed E-state index contributed by atoms with van der Waals surface area (Å²) < 4.78 is 0. The van der Waals surface area contributed by atoms with Gasteiger partial charge in [0.2, 0.25) is 0 Å². The Balaban J connectivity index is 3.11. The molecule has 0 aliphatic heterocycles. The van der Waals surface area contributed by atoms with Crippen molar-refractivity contribution in [3.8, 4) is 0 Å². The molecule has 0 spiro atoms. The summed E-state index contributed by atoms with van der Waals surface area (Å²) in [7, 11) is 0. The summed E-state index contributed by atoms with van der Waals surface area (Å²) in [6, 6.07) is 0. The van der Waals surface area contributed by atoms with E-state index in [1.54, 1.807) is 11.8 Å². The monoisotopic (exact) mass is 393 g/mol. The fourth-order valence-corrected chi connectivity index (χ4v) is 6.84. The van der Waals surface area contributed by atoms with Gasteiger partial charge in [-0.2, -0.15) is 11.8 Å². The van der Waals surface area contributed by atoms with E-state index in [4.69, 9.17) is 5.11 Å². The Labute approximate surface area is 148 Å². The van der Waals surface area contributed by atoms with Gasteiger partial charge in [-0.05, 0) is 12.2 Å². The largest absolute Gasteiger partial charge is 0.386 e. The van der Waals surface area contributed by atoms with Gasteiger partial charge in [0.15, 0.2) is 0 Å². The summed E-state index contributed by atoms with van der Waals surface area (Å²) in [6.45, 7) is 2.95. The predicted octanol–water partition coefficient (Wildman–Crippen LogP) is 4.29. The molecule has 0 fully saturated rings. The number of carbonyl (C=O) groups excluding carboxylic acids is 1. The van der Waals surface area contributed by atoms with Crippen molar-refractivity contribution in [3.63, 3.8) is 0 Å². The molecule has 0 aromatic rings. The van der Waals surface area contributed by atoms with E-state index in [2.05, 4.69) is 12.2 Å². The Morgan fingerprint density at radius 3 is 2.30 bits per heavy atom. The highest BCUT2D eigenvalue weighted by atomic mass is 32.2. The highest BCUT2D eigenvalue weighted by Crippen LogP contribution is 2.18. The number of carbonyl (C=O) groups is 1. The number of aliphatic hydroxyl groups is 1. The maximum absolute atomic E-state index is 11.4. The zero-order valence-corrected chi connectivity index (χ0v) is 16.6. The predicted molar refractivity (Wildman–Crippen MR) is 106 cm³/mol. The molecule has 0 bridgehead atoms. The summed E-state index contributed by atoms with van der Waals surface area (Å²) in [5.74, 6) is 2.38. The first-order valence-corrected chi connectivity index (χ1v) is 13.0. The molecular weight excluding hydrogens is 371 g/mol. The van der Waals surface area contributed by atoms with E-state index >= 15 is 0 Å². The van der Waals surface area contributed by atoms with Crippen LogP contribution in [0.2, 0.25) is 0 Å². The topological polar surface area (TPSA) is 49.3 Å². The van der Waals surface area contributed by atoms with Crippen LogP contribution in [0.3, 0.4) is 0 Å². The van der Waals surface area contributed by atoms with Crippen molar-refractivity contribution in [1.82, 2.24) is 5.32 Å². The van der Waals surface area contributed by atoms with E-state index < -0.39 is 0 Å². The molecule has 1 amide bonds. The maximum atomic E-state index is 11.4. The van der Waals surface area contributed by atoms with Crippen LogP contribution in [0.4, 0.5) is 4.79 Å². The molecule has 0 rings (SSSR count). The van der Waals surface area contributed by atoms with Crippen LogP contribution in [0.15, 0.2) is 0 Å². The molecule has 0 aromatic carbocycles. The molecule has 0 radical (unpaired) electrons. The Kier molecular flexibility index (Phi) is 20.0. The summed E-state index contributed by atoms with van der Waals surface area (Å²) in [4.78, 5) is 11.4. The van der Waals surface area contributed by atoms with Crippen LogP contribution in [-0.4, -0.2) is 54.7 Å². The molecule has 3 nitrogen and oxygen atoms in total. The lowest BCUT2D eigenvalue weighted by atomic mass is 10.6. The van der Waals surface area contributed by atoms with E-state index in [9.17, 15) is 4.79 Å². The molecule has 20 heavy (non-hydrogen) atoms. The summed E-state index contributed by atoms with van der Waals surface area (Å²) in [5.41, 5.74) is 0. The second kappa shape index (κ2) is 18.6. The lowest BCUT2D eigenvalue weighted by Crippen LogP contribution is -2.21. The maximum Gasteiger partial charge on any atom is 0.279 e. The first-order chi connectivity index (χ1) is 9.81. The van der Waals surface area contributed by atoms with Crippen molar-refractivity contribution in [3.05, 3.63) is 0 Å². The number of nitrogens with one attached hydrogen (secondary N) is 1. The molecule has 0 aromatic heterocycles. The SMILES string of the molecule is CCCSCSCSCCNC(=O)SCSCSCO. The highest BCUT2D eigenvalue weighted by molar-refractivity contribution is 8.27. The number of amides is 1. The normalized spacial score (nSPS) is 10.7. The lowest BCUT2D eigenvalue weighted by molar-refractivity contribution is 0.261. The fraction of sp³-hybridized carbons (Fsp3) is 0.909. The molecule has 0 unspecified atom stereocenters. The van der Waals surface area contributed by atoms with Crippen LogP contribution in [0.5, 0.6) is 0 Å². The van der Waals surface area contributed by atoms with E-state index in [1.165, 1.54) is 40.8 Å². The molecule has 0 saturated carbocycles. The number of rotatable bonds is 14. The summed E-state index contributed by atoms with van der Waals surface area (Å²) in [5, 5.41) is 15.4. The van der Waals surface area contributed by atoms with Crippen LogP contribution in [0.1, 0.15) is 13.3 Å². The van der Waals surface area contributed by atoms with E-state index in [1.807, 2.05) is 35.3 Å². The van der Waals surface area contributed by atoms with Crippen LogP contribution >= 0.6 is 70.6 Å². The van der Waals surface area contributed by atoms with E-state index in [0.29, 0.717) is 0 Å². The second-order valence-corrected chi connectivity index (χ2v) is 10.9. The van der Waals surface area contributed by atoms with Crippen molar-refractivity contribution in [1.29, 1.82) is 0 Å². The highest BCUT2D eigenvalue weighted by Gasteiger charge is 2.01. The summed E-state index contributed by atoms with van der Waals surface area (Å²) >= 11 is 10.2. The molecule has 0 heterocycles. The van der Waals surface area contributed by atoms with Gasteiger partial charge in [0.25, 0.3) is 5.24 Å². The Morgan fingerprint density at radius 1 is 0.950 bits per heavy atom. The summed E-state index contributed by atoms with van der Waals surface area (Å²) in [6.07, 6.45) is 1.25. The lowest BCUT2D eigenvalue weighted by Gasteiger charge is -2.05. The van der Waals surface area contributed by atoms with Crippen molar-refractivity contribution in [2.75, 3.05) is 44.3 Å². The van der Waals surface area contributed by atoms with Crippen LogP contribution in [-0.2, 0) is 0 Å². The molecule has 0 atom stereocenters. The molecule has 0 aliphatic carbocycles. The van der Waals surface area contributed by atoms with Crippen molar-refractivity contribution in [2.24, 2.45) is 0 Å². The smallest absolute Gasteiger partial charge is 0.279 e. The Hall–Kier alpha value is 1.53. The third-order valence-corrected chi connectivity index (χ3v) is 8.65. The average Bonchev–Trinajstić information content (AvgIpc) is 2.45. The van der Waals surface area contributed by atoms with E-state index in [0.717, 1.165) is 27.6 Å². The van der Waals surface area contributed by atoms with Gasteiger partial charge in [0, 0.05) is 32.6 Å². The third-order valence-electron chi connectivity index (χ3n) is 1.73. The number of hydrogen-bond donors (Lipinski definition) is 2. The molecule has 9 heteroatoms. The molecule has 0 aliphatic rings. The average molecular weight is 394 g/mol. The molecule has 2 N–H and O–H groups in total. The molecular formula is C11H23NO2S6. The number of thioether (sulfide) groups is 6. The minimum atomic E-state index is 0.0539. The van der Waals surface area contributed by atoms with Crippen molar-refractivity contribution >= 4 is 75.8 Å². The van der Waals surface area contributed by atoms with Gasteiger partial charge in [-0.1, -0.05) is 18.7 Å². The van der Waals surface area contributed by atoms with Crippen molar-refractivity contribution in [2.45, 2.75) is 13.3 Å². The van der Waals surface area contributed by atoms with E-state index in [-0.39, 0.29) is 11.2 Å². The molecule has 120 valence electrons. The Morgan fingerprint density at radius 2 is 1.60 bits per heavy atom. The second-order valence-electron chi connectivity index (χ2n) is 3.39. The first-order valence-electron chi connectivity index (χ1n) is 6.21. The van der Waals surface area contributed by atoms with Crippen LogP contribution in [0, 0.1) is 0 Å². The van der Waals surface area contributed by atoms with Crippen LogP contribution < -0.4 is 5.32 Å². The van der Waals surface area contributed by atoms with Crippen molar-refractivity contribution < 1.29 is 9.90 Å². The van der Waals surface area contributed by atoms with Crippen LogP contribution in [0.25, 0.3) is 0 Å². The van der Waals surface area contributed by atoms with Gasteiger partial charge in [-0.3, -0.25) is 4.79 Å². The van der Waals surface area contributed by atoms with Gasteiger partial charge in [0.1, 0.15) is 0 Å². The first kappa shape index (κ1) is 21.5. The third kappa shape index (κ3) is 17.6. The van der Waals surface area contributed by atoms with Gasteiger partial charge in [0.05, 0.1) is 5.94 Å². The quantitative estimate of drug-likeness (QED) is 0.335. The number of aliphatic hydroxyl groups excluding tert-OH is 1. The van der Waals surface area contributed by atoms with Gasteiger partial charge in [-0.25, -0.2) is 0 Å².